The van der Waals surface area contributed by atoms with E-state index in [-0.39, 0.29) is 103 Å². The Labute approximate surface area is 404 Å². The van der Waals surface area contributed by atoms with Crippen LogP contribution in [0.4, 0.5) is 0 Å². The van der Waals surface area contributed by atoms with Crippen molar-refractivity contribution < 1.29 is 52.4 Å². The molecular formula is C48H92Cl2N4O11. The lowest BCUT2D eigenvalue weighted by molar-refractivity contribution is -0.154. The van der Waals surface area contributed by atoms with Crippen LogP contribution in [0.25, 0.3) is 0 Å². The Morgan fingerprint density at radius 2 is 1.03 bits per heavy atom. The second-order valence-corrected chi connectivity index (χ2v) is 18.5. The monoisotopic (exact) mass is 971 g/mol. The normalized spacial score (nSPS) is 21.0. The average Bonchev–Trinajstić information content (AvgIpc) is 3.99. The maximum absolute atomic E-state index is 13.5. The van der Waals surface area contributed by atoms with Crippen LogP contribution in [-0.4, -0.2) is 168 Å². The fourth-order valence-corrected chi connectivity index (χ4v) is 9.28. The number of carbonyl (C=O) groups is 5. The van der Waals surface area contributed by atoms with Gasteiger partial charge in [0.25, 0.3) is 0 Å². The van der Waals surface area contributed by atoms with Crippen LogP contribution in [0.1, 0.15) is 121 Å². The van der Waals surface area contributed by atoms with Crippen LogP contribution < -0.4 is 5.32 Å². The van der Waals surface area contributed by atoms with Gasteiger partial charge < -0.3 is 48.4 Å². The maximum atomic E-state index is 13.5. The molecule has 0 aromatic carbocycles. The van der Waals surface area contributed by atoms with E-state index >= 15 is 0 Å². The van der Waals surface area contributed by atoms with Crippen LogP contribution in [0.3, 0.4) is 0 Å². The van der Waals surface area contributed by atoms with E-state index in [9.17, 15) is 24.0 Å². The van der Waals surface area contributed by atoms with Crippen LogP contribution in [0, 0.1) is 35.5 Å². The summed E-state index contributed by atoms with van der Waals surface area (Å²) in [6.07, 6.45) is 4.24. The van der Waals surface area contributed by atoms with E-state index in [0.717, 1.165) is 38.5 Å². The summed E-state index contributed by atoms with van der Waals surface area (Å²) >= 11 is 9.53. The molecule has 65 heavy (non-hydrogen) atoms. The first kappa shape index (κ1) is 64.8. The van der Waals surface area contributed by atoms with Gasteiger partial charge in [-0.3, -0.25) is 24.0 Å². The summed E-state index contributed by atoms with van der Waals surface area (Å²) in [5, 5.41) is 3.50. The van der Waals surface area contributed by atoms with Crippen molar-refractivity contribution in [1.82, 2.24) is 20.0 Å². The summed E-state index contributed by atoms with van der Waals surface area (Å²) in [7, 11) is 12.9. The minimum Gasteiger partial charge on any atom is -0.469 e. The van der Waals surface area contributed by atoms with Crippen molar-refractivity contribution in [1.29, 1.82) is 0 Å². The Hall–Kier alpha value is -2.27. The molecule has 1 N–H and O–H groups in total. The van der Waals surface area contributed by atoms with Gasteiger partial charge in [-0.15, -0.1) is 23.2 Å². The molecule has 2 fully saturated rings. The number of rotatable bonds is 24. The van der Waals surface area contributed by atoms with Crippen LogP contribution in [-0.2, 0) is 52.4 Å². The standard InChI is InChI=1S/C26H48N2O6.C20H38N2O5.CH2Cl2.CH4/c1-11-17(4)23(27(7)25(30)18(5)16(2)3)21(32-8)15-22(29)28-14-12-13-20(28)24(33-9)19(6)26(31)34-10;1-8-13(2)18(21-4)16(25-5)12-17(23)22-11-9-10-15(22)19(26-6)14(3)20(24)27-7;2-1-3;/h16-21,23-24H,11-15H2,1-10H3;13-16,18-19,21H,8-12H2,1-7H3;1H2;1H4/t17-,18-,19+,20-,21+,23-,24+;13-,14+,15-,16+,18-,19+;;/m00../s1. The summed E-state index contributed by atoms with van der Waals surface area (Å²) in [5.74, 6) is -0.840. The number of esters is 2. The first-order valence-electron chi connectivity index (χ1n) is 23.1. The van der Waals surface area contributed by atoms with Crippen molar-refractivity contribution in [3.63, 3.8) is 0 Å². The predicted octanol–water partition coefficient (Wildman–Crippen LogP) is 7.27. The number of likely N-dealkylation sites (tertiary alicyclic amines) is 2. The molecule has 0 bridgehead atoms. The van der Waals surface area contributed by atoms with Crippen LogP contribution in [0.2, 0.25) is 0 Å². The fraction of sp³-hybridized carbons (Fsp3) is 0.896. The van der Waals surface area contributed by atoms with Gasteiger partial charge in [0.05, 0.1) is 86.8 Å². The highest BCUT2D eigenvalue weighted by atomic mass is 35.5. The molecule has 0 aromatic rings. The van der Waals surface area contributed by atoms with Gasteiger partial charge in [-0.2, -0.15) is 0 Å². The van der Waals surface area contributed by atoms with Crippen LogP contribution in [0.5, 0.6) is 0 Å². The summed E-state index contributed by atoms with van der Waals surface area (Å²) in [5.41, 5.74) is 0. The number of methoxy groups -OCH3 is 6. The molecule has 0 spiro atoms. The molecule has 0 aromatic heterocycles. The molecule has 0 radical (unpaired) electrons. The third kappa shape index (κ3) is 19.0. The number of amides is 3. The van der Waals surface area contributed by atoms with E-state index in [1.807, 2.05) is 44.7 Å². The van der Waals surface area contributed by atoms with E-state index in [2.05, 4.69) is 33.0 Å². The Morgan fingerprint density at radius 1 is 0.646 bits per heavy atom. The van der Waals surface area contributed by atoms with Crippen molar-refractivity contribution in [2.24, 2.45) is 35.5 Å². The quantitative estimate of drug-likeness (QED) is 0.0762. The third-order valence-electron chi connectivity index (χ3n) is 13.8. The summed E-state index contributed by atoms with van der Waals surface area (Å²) in [6.45, 7) is 19.4. The minimum absolute atomic E-state index is 0. The van der Waals surface area contributed by atoms with Gasteiger partial charge in [0.15, 0.2) is 0 Å². The lowest BCUT2D eigenvalue weighted by Gasteiger charge is -2.40. The van der Waals surface area contributed by atoms with Crippen molar-refractivity contribution in [3.8, 4) is 0 Å². The highest BCUT2D eigenvalue weighted by Gasteiger charge is 2.44. The molecule has 0 saturated carbocycles. The van der Waals surface area contributed by atoms with Gasteiger partial charge in [0.2, 0.25) is 17.7 Å². The second-order valence-electron chi connectivity index (χ2n) is 17.7. The Balaban J connectivity index is 0. The molecule has 2 aliphatic rings. The highest BCUT2D eigenvalue weighted by Crippen LogP contribution is 2.31. The zero-order chi connectivity index (χ0) is 49.4. The Bertz CT molecular complexity index is 1370. The van der Waals surface area contributed by atoms with Gasteiger partial charge in [-0.1, -0.05) is 68.7 Å². The summed E-state index contributed by atoms with van der Waals surface area (Å²) in [4.78, 5) is 69.4. The molecule has 2 heterocycles. The molecule has 13 atom stereocenters. The zero-order valence-corrected chi connectivity index (χ0v) is 44.0. The molecule has 15 nitrogen and oxygen atoms in total. The van der Waals surface area contributed by atoms with Crippen molar-refractivity contribution in [2.45, 2.75) is 170 Å². The number of nitrogens with one attached hydrogen (secondary N) is 1. The lowest BCUT2D eigenvalue weighted by atomic mass is 9.88. The van der Waals surface area contributed by atoms with E-state index in [4.69, 9.17) is 51.6 Å². The number of likely N-dealkylation sites (N-methyl/N-ethyl adjacent to an activating group) is 2. The first-order valence-corrected chi connectivity index (χ1v) is 24.2. The molecule has 2 aliphatic heterocycles. The molecule has 2 rings (SSSR count). The molecular weight excluding hydrogens is 879 g/mol. The van der Waals surface area contributed by atoms with E-state index in [1.54, 1.807) is 47.2 Å². The molecule has 0 aliphatic carbocycles. The lowest BCUT2D eigenvalue weighted by Crippen LogP contribution is -2.53. The number of ether oxygens (including phenoxy) is 6. The minimum atomic E-state index is -0.485. The largest absolute Gasteiger partial charge is 0.469 e. The number of hydrogen-bond donors (Lipinski definition) is 1. The van der Waals surface area contributed by atoms with Crippen molar-refractivity contribution >= 4 is 52.9 Å². The smallest absolute Gasteiger partial charge is 0.311 e. The molecule has 0 unspecified atom stereocenters. The molecule has 2 saturated heterocycles. The van der Waals surface area contributed by atoms with E-state index in [1.165, 1.54) is 14.2 Å². The van der Waals surface area contributed by atoms with Gasteiger partial charge in [0.1, 0.15) is 0 Å². The Kier molecular flexibility index (Phi) is 34.0. The van der Waals surface area contributed by atoms with Gasteiger partial charge in [-0.05, 0) is 64.3 Å². The molecule has 17 heteroatoms. The molecule has 384 valence electrons. The van der Waals surface area contributed by atoms with Gasteiger partial charge >= 0.3 is 11.9 Å². The van der Waals surface area contributed by atoms with Gasteiger partial charge in [0, 0.05) is 60.5 Å². The Morgan fingerprint density at radius 3 is 1.34 bits per heavy atom. The van der Waals surface area contributed by atoms with Crippen molar-refractivity contribution in [2.75, 3.05) is 75.2 Å². The number of carbonyl (C=O) groups excluding carboxylic acids is 5. The summed E-state index contributed by atoms with van der Waals surface area (Å²) in [6, 6.07) is -0.435. The maximum Gasteiger partial charge on any atom is 0.311 e. The fourth-order valence-electron chi connectivity index (χ4n) is 9.28. The van der Waals surface area contributed by atoms with Crippen LogP contribution in [0.15, 0.2) is 0 Å². The average molecular weight is 972 g/mol. The first-order chi connectivity index (χ1) is 30.2. The molecule has 3 amide bonds. The van der Waals surface area contributed by atoms with E-state index < -0.39 is 24.0 Å². The SMILES string of the molecule is C.CC[C@H](C)[C@@H]([C@@H](CC(=O)N1CCC[C@H]1[C@H](OC)[C@@H](C)C(=O)OC)OC)N(C)C(=O)[C@@H](C)C(C)C.CC[C@H](C)[C@H](NC)[C@@H](CC(=O)N1CCC[C@H]1[C@H](OC)[C@@H](C)C(=O)OC)OC.ClCCl. The second kappa shape index (κ2) is 34.1. The number of hydrogen-bond acceptors (Lipinski definition) is 12. The van der Waals surface area contributed by atoms with E-state index in [0.29, 0.717) is 25.4 Å². The predicted molar refractivity (Wildman–Crippen MR) is 260 cm³/mol. The number of halogens is 2. The number of nitrogens with zero attached hydrogens (tertiary/aromatic N) is 3. The van der Waals surface area contributed by atoms with Crippen LogP contribution >= 0.6 is 23.2 Å². The number of alkyl halides is 2. The topological polar surface area (TPSA) is 162 Å². The highest BCUT2D eigenvalue weighted by molar-refractivity contribution is 6.40. The zero-order valence-electron chi connectivity index (χ0n) is 42.4. The summed E-state index contributed by atoms with van der Waals surface area (Å²) < 4.78 is 32.6. The third-order valence-corrected chi connectivity index (χ3v) is 13.8. The van der Waals surface area contributed by atoms with Crippen molar-refractivity contribution in [3.05, 3.63) is 0 Å². The van der Waals surface area contributed by atoms with Gasteiger partial charge in [-0.25, -0.2) is 0 Å².